The summed E-state index contributed by atoms with van der Waals surface area (Å²) in [5, 5.41) is 5.76. The maximum absolute atomic E-state index is 12.5. The van der Waals surface area contributed by atoms with Crippen LogP contribution in [0.1, 0.15) is 31.9 Å². The largest absolute Gasteiger partial charge is 0.416 e. The molecular weight excluding hydrogens is 309 g/mol. The van der Waals surface area contributed by atoms with Gasteiger partial charge in [-0.25, -0.2) is 0 Å². The zero-order chi connectivity index (χ0) is 17.4. The molecule has 4 nitrogen and oxygen atoms in total. The Kier molecular flexibility index (Phi) is 4.24. The van der Waals surface area contributed by atoms with Crippen molar-refractivity contribution in [3.05, 3.63) is 55.8 Å². The van der Waals surface area contributed by atoms with E-state index in [0.29, 0.717) is 5.56 Å². The van der Waals surface area contributed by atoms with Crippen LogP contribution in [-0.2, 0) is 12.7 Å². The Morgan fingerprint density at radius 2 is 1.43 bits per heavy atom. The minimum Gasteiger partial charge on any atom is -0.376 e. The van der Waals surface area contributed by atoms with E-state index in [-0.39, 0.29) is 23.5 Å². The number of hydrogen-bond acceptors (Lipinski definition) is 4. The van der Waals surface area contributed by atoms with E-state index in [1.54, 1.807) is 0 Å². The van der Waals surface area contributed by atoms with Gasteiger partial charge in [-0.3, -0.25) is 9.59 Å². The molecule has 23 heavy (non-hydrogen) atoms. The second-order valence-electron chi connectivity index (χ2n) is 6.33. The van der Waals surface area contributed by atoms with Gasteiger partial charge in [0, 0.05) is 12.1 Å². The Labute approximate surface area is 131 Å². The van der Waals surface area contributed by atoms with Crippen molar-refractivity contribution in [3.63, 3.8) is 0 Å². The third kappa shape index (κ3) is 3.91. The molecule has 0 aliphatic rings. The smallest absolute Gasteiger partial charge is 0.376 e. The molecule has 0 bridgehead atoms. The van der Waals surface area contributed by atoms with E-state index >= 15 is 0 Å². The molecule has 7 heteroatoms. The molecule has 0 amide bonds. The van der Waals surface area contributed by atoms with Crippen molar-refractivity contribution < 1.29 is 13.2 Å². The highest BCUT2D eigenvalue weighted by atomic mass is 19.4. The van der Waals surface area contributed by atoms with Crippen LogP contribution < -0.4 is 21.5 Å². The van der Waals surface area contributed by atoms with Crippen LogP contribution in [-0.4, -0.2) is 5.54 Å². The summed E-state index contributed by atoms with van der Waals surface area (Å²) in [6, 6.07) is 4.62. The van der Waals surface area contributed by atoms with Crippen molar-refractivity contribution in [1.29, 1.82) is 0 Å². The third-order valence-corrected chi connectivity index (χ3v) is 3.16. The monoisotopic (exact) mass is 326 g/mol. The van der Waals surface area contributed by atoms with Crippen LogP contribution in [0.15, 0.2) is 33.9 Å². The zero-order valence-electron chi connectivity index (χ0n) is 13.0. The minimum absolute atomic E-state index is 0.155. The molecule has 2 N–H and O–H groups in total. The summed E-state index contributed by atoms with van der Waals surface area (Å²) >= 11 is 0. The number of halogens is 3. The molecule has 2 aromatic rings. The standard InChI is InChI=1S/C16H17F3N2O2/c1-15(2,3)21-12-11(13(22)14(12)23)20-8-9-4-6-10(7-5-9)16(17,18)19/h4-7,20-21H,8H2,1-3H3. The number of anilines is 2. The highest BCUT2D eigenvalue weighted by Crippen LogP contribution is 2.29. The lowest BCUT2D eigenvalue weighted by Gasteiger charge is -2.24. The average Bonchev–Trinajstić information content (AvgIpc) is 2.44. The maximum atomic E-state index is 12.5. The van der Waals surface area contributed by atoms with Crippen LogP contribution in [0.25, 0.3) is 0 Å². The van der Waals surface area contributed by atoms with Crippen LogP contribution >= 0.6 is 0 Å². The molecule has 124 valence electrons. The molecule has 0 radical (unpaired) electrons. The van der Waals surface area contributed by atoms with Gasteiger partial charge in [0.05, 0.1) is 5.56 Å². The lowest BCUT2D eigenvalue weighted by molar-refractivity contribution is -0.137. The molecule has 0 spiro atoms. The normalized spacial score (nSPS) is 12.4. The van der Waals surface area contributed by atoms with E-state index < -0.39 is 22.6 Å². The third-order valence-electron chi connectivity index (χ3n) is 3.16. The van der Waals surface area contributed by atoms with Gasteiger partial charge in [-0.15, -0.1) is 0 Å². The Morgan fingerprint density at radius 3 is 1.91 bits per heavy atom. The molecule has 0 aliphatic carbocycles. The second-order valence-corrected chi connectivity index (χ2v) is 6.33. The zero-order valence-corrected chi connectivity index (χ0v) is 13.0. The van der Waals surface area contributed by atoms with Gasteiger partial charge in [-0.1, -0.05) is 12.1 Å². The van der Waals surface area contributed by atoms with E-state index in [9.17, 15) is 22.8 Å². The first-order valence-electron chi connectivity index (χ1n) is 7.00. The lowest BCUT2D eigenvalue weighted by Crippen LogP contribution is -2.41. The molecule has 0 aliphatic heterocycles. The molecule has 2 rings (SSSR count). The van der Waals surface area contributed by atoms with Crippen molar-refractivity contribution in [3.8, 4) is 0 Å². The molecule has 0 heterocycles. The maximum Gasteiger partial charge on any atom is 0.416 e. The van der Waals surface area contributed by atoms with Crippen LogP contribution in [0, 0.1) is 0 Å². The summed E-state index contributed by atoms with van der Waals surface area (Å²) in [5.41, 5.74) is -1.36. The van der Waals surface area contributed by atoms with Gasteiger partial charge >= 0.3 is 6.18 Å². The van der Waals surface area contributed by atoms with Gasteiger partial charge in [-0.05, 0) is 38.5 Å². The predicted molar refractivity (Wildman–Crippen MR) is 83.5 cm³/mol. The van der Waals surface area contributed by atoms with Gasteiger partial charge in [0.15, 0.2) is 0 Å². The number of hydrogen-bond donors (Lipinski definition) is 2. The van der Waals surface area contributed by atoms with E-state index in [1.807, 2.05) is 20.8 Å². The molecule has 0 aromatic heterocycles. The lowest BCUT2D eigenvalue weighted by atomic mass is 10.1. The molecule has 0 fully saturated rings. The molecule has 0 unspecified atom stereocenters. The van der Waals surface area contributed by atoms with Gasteiger partial charge in [0.25, 0.3) is 10.9 Å². The predicted octanol–water partition coefficient (Wildman–Crippen LogP) is 3.12. The first-order chi connectivity index (χ1) is 10.5. The van der Waals surface area contributed by atoms with Gasteiger partial charge in [-0.2, -0.15) is 13.2 Å². The minimum atomic E-state index is -4.38. The molecule has 0 saturated carbocycles. The van der Waals surface area contributed by atoms with Crippen LogP contribution in [0.5, 0.6) is 0 Å². The van der Waals surface area contributed by atoms with E-state index in [0.717, 1.165) is 12.1 Å². The van der Waals surface area contributed by atoms with E-state index in [1.165, 1.54) is 12.1 Å². The first-order valence-corrected chi connectivity index (χ1v) is 7.00. The molecule has 2 aromatic carbocycles. The van der Waals surface area contributed by atoms with E-state index in [2.05, 4.69) is 10.6 Å². The summed E-state index contributed by atoms with van der Waals surface area (Å²) in [7, 11) is 0. The molecular formula is C16H17F3N2O2. The number of alkyl halides is 3. The number of benzene rings is 1. The Balaban J connectivity index is 2.09. The summed E-state index contributed by atoms with van der Waals surface area (Å²) < 4.78 is 37.5. The van der Waals surface area contributed by atoms with Gasteiger partial charge in [0.2, 0.25) is 0 Å². The van der Waals surface area contributed by atoms with Crippen molar-refractivity contribution in [2.75, 3.05) is 10.6 Å². The Hall–Kier alpha value is -2.31. The fraction of sp³-hybridized carbons (Fsp3) is 0.375. The summed E-state index contributed by atoms with van der Waals surface area (Å²) in [6.45, 7) is 5.71. The van der Waals surface area contributed by atoms with Crippen LogP contribution in [0.2, 0.25) is 0 Å². The van der Waals surface area contributed by atoms with Crippen molar-refractivity contribution >= 4 is 11.4 Å². The van der Waals surface area contributed by atoms with Crippen molar-refractivity contribution in [2.24, 2.45) is 0 Å². The summed E-state index contributed by atoms with van der Waals surface area (Å²) in [4.78, 5) is 23.2. The number of rotatable bonds is 4. The quantitative estimate of drug-likeness (QED) is 0.848. The Bertz CT molecular complexity index is 765. The fourth-order valence-electron chi connectivity index (χ4n) is 2.06. The molecule has 0 atom stereocenters. The second kappa shape index (κ2) is 5.72. The first kappa shape index (κ1) is 17.1. The topological polar surface area (TPSA) is 58.2 Å². The van der Waals surface area contributed by atoms with E-state index in [4.69, 9.17) is 0 Å². The number of nitrogens with one attached hydrogen (secondary N) is 2. The summed E-state index contributed by atoms with van der Waals surface area (Å²) in [5.74, 6) is 0. The summed E-state index contributed by atoms with van der Waals surface area (Å²) in [6.07, 6.45) is -4.38. The SMILES string of the molecule is CC(C)(C)Nc1c(NCc2ccc(C(F)(F)F)cc2)c(=O)c1=O. The molecule has 0 saturated heterocycles. The highest BCUT2D eigenvalue weighted by Gasteiger charge is 2.30. The Morgan fingerprint density at radius 1 is 0.913 bits per heavy atom. The van der Waals surface area contributed by atoms with Crippen molar-refractivity contribution in [1.82, 2.24) is 0 Å². The van der Waals surface area contributed by atoms with Crippen molar-refractivity contribution in [2.45, 2.75) is 39.0 Å². The van der Waals surface area contributed by atoms with Gasteiger partial charge in [0.1, 0.15) is 11.4 Å². The fourth-order valence-corrected chi connectivity index (χ4v) is 2.06. The van der Waals surface area contributed by atoms with Crippen LogP contribution in [0.3, 0.4) is 0 Å². The van der Waals surface area contributed by atoms with Gasteiger partial charge < -0.3 is 10.6 Å². The average molecular weight is 326 g/mol. The highest BCUT2D eigenvalue weighted by molar-refractivity contribution is 5.74. The van der Waals surface area contributed by atoms with Crippen LogP contribution in [0.4, 0.5) is 24.5 Å².